The van der Waals surface area contributed by atoms with E-state index < -0.39 is 0 Å². The summed E-state index contributed by atoms with van der Waals surface area (Å²) in [5.41, 5.74) is 2.52. The highest BCUT2D eigenvalue weighted by Crippen LogP contribution is 2.19. The Labute approximate surface area is 172 Å². The van der Waals surface area contributed by atoms with Crippen molar-refractivity contribution in [2.75, 3.05) is 5.32 Å². The molecule has 150 valence electrons. The number of H-pyrrole nitrogens is 1. The average molecular weight is 402 g/mol. The average Bonchev–Trinajstić information content (AvgIpc) is 2.77. The SMILES string of the molecule is O=c1[nH]c(Nc2ccc(OCc3ccccc3)cc2)nnc1Cc1ccc(F)cc1. The van der Waals surface area contributed by atoms with Gasteiger partial charge in [-0.25, -0.2) is 4.39 Å². The molecule has 0 spiro atoms. The minimum Gasteiger partial charge on any atom is -0.489 e. The lowest BCUT2D eigenvalue weighted by atomic mass is 10.1. The molecule has 7 heteroatoms. The lowest BCUT2D eigenvalue weighted by molar-refractivity contribution is 0.306. The van der Waals surface area contributed by atoms with Crippen LogP contribution in [0.3, 0.4) is 0 Å². The Morgan fingerprint density at radius 3 is 2.30 bits per heavy atom. The minimum absolute atomic E-state index is 0.237. The van der Waals surface area contributed by atoms with Gasteiger partial charge in [-0.2, -0.15) is 0 Å². The molecule has 3 aromatic carbocycles. The topological polar surface area (TPSA) is 79.9 Å². The second-order valence-corrected chi connectivity index (χ2v) is 6.68. The lowest BCUT2D eigenvalue weighted by Gasteiger charge is -2.08. The fraction of sp³-hybridized carbons (Fsp3) is 0.0870. The first-order valence-electron chi connectivity index (χ1n) is 9.40. The molecule has 6 nitrogen and oxygen atoms in total. The van der Waals surface area contributed by atoms with Gasteiger partial charge < -0.3 is 10.1 Å². The van der Waals surface area contributed by atoms with Gasteiger partial charge in [-0.05, 0) is 47.5 Å². The summed E-state index contributed by atoms with van der Waals surface area (Å²) in [7, 11) is 0. The van der Waals surface area contributed by atoms with Crippen LogP contribution in [0, 0.1) is 5.82 Å². The highest BCUT2D eigenvalue weighted by molar-refractivity contribution is 5.54. The molecule has 0 amide bonds. The molecule has 2 N–H and O–H groups in total. The predicted molar refractivity (Wildman–Crippen MR) is 112 cm³/mol. The second kappa shape index (κ2) is 9.00. The van der Waals surface area contributed by atoms with Gasteiger partial charge in [0, 0.05) is 12.1 Å². The number of rotatable bonds is 7. The molecule has 0 aliphatic carbocycles. The molecule has 1 heterocycles. The summed E-state index contributed by atoms with van der Waals surface area (Å²) in [6.07, 6.45) is 0.274. The molecule has 4 aromatic rings. The van der Waals surface area contributed by atoms with Gasteiger partial charge >= 0.3 is 0 Å². The number of hydrogen-bond donors (Lipinski definition) is 2. The number of nitrogens with one attached hydrogen (secondary N) is 2. The molecule has 0 radical (unpaired) electrons. The van der Waals surface area contributed by atoms with E-state index in [0.717, 1.165) is 22.6 Å². The monoisotopic (exact) mass is 402 g/mol. The first kappa shape index (κ1) is 19.3. The quantitative estimate of drug-likeness (QED) is 0.484. The maximum Gasteiger partial charge on any atom is 0.274 e. The van der Waals surface area contributed by atoms with Gasteiger partial charge in [-0.3, -0.25) is 9.78 Å². The Kier molecular flexibility index (Phi) is 5.80. The van der Waals surface area contributed by atoms with E-state index >= 15 is 0 Å². The van der Waals surface area contributed by atoms with Crippen molar-refractivity contribution >= 4 is 11.6 Å². The van der Waals surface area contributed by atoms with E-state index in [9.17, 15) is 9.18 Å². The van der Waals surface area contributed by atoms with Crippen molar-refractivity contribution < 1.29 is 9.13 Å². The molecule has 0 fully saturated rings. The highest BCUT2D eigenvalue weighted by Gasteiger charge is 2.07. The van der Waals surface area contributed by atoms with Crippen molar-refractivity contribution in [1.82, 2.24) is 15.2 Å². The van der Waals surface area contributed by atoms with E-state index in [1.54, 1.807) is 12.1 Å². The van der Waals surface area contributed by atoms with Crippen molar-refractivity contribution in [3.63, 3.8) is 0 Å². The fourth-order valence-electron chi connectivity index (χ4n) is 2.84. The van der Waals surface area contributed by atoms with Crippen LogP contribution in [0.5, 0.6) is 5.75 Å². The van der Waals surface area contributed by atoms with Gasteiger partial charge in [0.2, 0.25) is 5.95 Å². The number of nitrogens with zero attached hydrogens (tertiary/aromatic N) is 2. The number of aromatic amines is 1. The summed E-state index contributed by atoms with van der Waals surface area (Å²) in [5.74, 6) is 0.647. The Bertz CT molecular complexity index is 1160. The van der Waals surface area contributed by atoms with Crippen LogP contribution < -0.4 is 15.6 Å². The maximum atomic E-state index is 13.0. The first-order chi connectivity index (χ1) is 14.7. The molecule has 30 heavy (non-hydrogen) atoms. The van der Waals surface area contributed by atoms with Crippen LogP contribution in [0.25, 0.3) is 0 Å². The van der Waals surface area contributed by atoms with Crippen molar-refractivity contribution in [2.45, 2.75) is 13.0 Å². The van der Waals surface area contributed by atoms with Crippen LogP contribution in [-0.2, 0) is 13.0 Å². The Hall–Kier alpha value is -4.00. The zero-order valence-electron chi connectivity index (χ0n) is 16.0. The summed E-state index contributed by atoms with van der Waals surface area (Å²) in [6, 6.07) is 23.2. The van der Waals surface area contributed by atoms with Gasteiger partial charge in [-0.15, -0.1) is 10.2 Å². The Morgan fingerprint density at radius 1 is 0.867 bits per heavy atom. The van der Waals surface area contributed by atoms with Crippen LogP contribution in [0.2, 0.25) is 0 Å². The highest BCUT2D eigenvalue weighted by atomic mass is 19.1. The largest absolute Gasteiger partial charge is 0.489 e. The fourth-order valence-corrected chi connectivity index (χ4v) is 2.84. The third kappa shape index (κ3) is 5.08. The van der Waals surface area contributed by atoms with E-state index in [1.165, 1.54) is 12.1 Å². The van der Waals surface area contributed by atoms with Gasteiger partial charge in [0.05, 0.1) is 0 Å². The third-order valence-corrected chi connectivity index (χ3v) is 4.41. The van der Waals surface area contributed by atoms with Gasteiger partial charge in [0.25, 0.3) is 5.56 Å². The summed E-state index contributed by atoms with van der Waals surface area (Å²) in [4.78, 5) is 15.0. The van der Waals surface area contributed by atoms with Crippen LogP contribution in [-0.4, -0.2) is 15.2 Å². The van der Waals surface area contributed by atoms with Crippen LogP contribution in [0.15, 0.2) is 83.7 Å². The van der Waals surface area contributed by atoms with Crippen LogP contribution in [0.1, 0.15) is 16.8 Å². The first-order valence-corrected chi connectivity index (χ1v) is 9.40. The van der Waals surface area contributed by atoms with E-state index in [1.807, 2.05) is 54.6 Å². The smallest absolute Gasteiger partial charge is 0.274 e. The number of halogens is 1. The zero-order chi connectivity index (χ0) is 20.8. The molecule has 0 bridgehead atoms. The Balaban J connectivity index is 1.37. The van der Waals surface area contributed by atoms with Gasteiger partial charge in [-0.1, -0.05) is 42.5 Å². The maximum absolute atomic E-state index is 13.0. The molecule has 0 unspecified atom stereocenters. The second-order valence-electron chi connectivity index (χ2n) is 6.68. The minimum atomic E-state index is -0.348. The van der Waals surface area contributed by atoms with Crippen molar-refractivity contribution in [3.05, 3.63) is 112 Å². The third-order valence-electron chi connectivity index (χ3n) is 4.41. The molecule has 0 aliphatic rings. The predicted octanol–water partition coefficient (Wildman–Crippen LogP) is 4.22. The molecule has 4 rings (SSSR count). The molecule has 0 saturated carbocycles. The summed E-state index contributed by atoms with van der Waals surface area (Å²) in [5, 5.41) is 11.0. The number of hydrogen-bond acceptors (Lipinski definition) is 5. The number of ether oxygens (including phenoxy) is 1. The number of aromatic nitrogens is 3. The summed E-state index contributed by atoms with van der Waals surface area (Å²) >= 11 is 0. The zero-order valence-corrected chi connectivity index (χ0v) is 16.0. The molecular formula is C23H19FN4O2. The molecule has 0 atom stereocenters. The van der Waals surface area contributed by atoms with Gasteiger partial charge in [0.1, 0.15) is 23.9 Å². The normalized spacial score (nSPS) is 10.6. The summed E-state index contributed by atoms with van der Waals surface area (Å²) < 4.78 is 18.8. The van der Waals surface area contributed by atoms with Gasteiger partial charge in [0.15, 0.2) is 0 Å². The molecule has 1 aromatic heterocycles. The lowest BCUT2D eigenvalue weighted by Crippen LogP contribution is -2.18. The van der Waals surface area contributed by atoms with E-state index in [4.69, 9.17) is 4.74 Å². The van der Waals surface area contributed by atoms with Crippen molar-refractivity contribution in [3.8, 4) is 5.75 Å². The Morgan fingerprint density at radius 2 is 1.60 bits per heavy atom. The van der Waals surface area contributed by atoms with E-state index in [2.05, 4.69) is 20.5 Å². The number of anilines is 2. The van der Waals surface area contributed by atoms with Crippen LogP contribution >= 0.6 is 0 Å². The summed E-state index contributed by atoms with van der Waals surface area (Å²) in [6.45, 7) is 0.488. The van der Waals surface area contributed by atoms with Crippen LogP contribution in [0.4, 0.5) is 16.0 Å². The molecular weight excluding hydrogens is 383 g/mol. The standard InChI is InChI=1S/C23H19FN4O2/c24-18-8-6-16(7-9-18)14-21-22(29)26-23(28-27-21)25-19-10-12-20(13-11-19)30-15-17-4-2-1-3-5-17/h1-13H,14-15H2,(H2,25,26,28,29). The van der Waals surface area contributed by atoms with Crippen molar-refractivity contribution in [1.29, 1.82) is 0 Å². The van der Waals surface area contributed by atoms with E-state index in [0.29, 0.717) is 6.61 Å². The van der Waals surface area contributed by atoms with Crippen molar-refractivity contribution in [2.24, 2.45) is 0 Å². The number of benzene rings is 3. The van der Waals surface area contributed by atoms with E-state index in [-0.39, 0.29) is 29.4 Å². The molecule has 0 aliphatic heterocycles. The molecule has 0 saturated heterocycles.